The molecular weight excluding hydrogens is 186 g/mol. The van der Waals surface area contributed by atoms with Gasteiger partial charge >= 0.3 is 0 Å². The van der Waals surface area contributed by atoms with Crippen LogP contribution >= 0.6 is 0 Å². The van der Waals surface area contributed by atoms with E-state index < -0.39 is 0 Å². The van der Waals surface area contributed by atoms with Gasteiger partial charge in [-0.05, 0) is 38.3 Å². The van der Waals surface area contributed by atoms with Crippen molar-refractivity contribution in [3.8, 4) is 0 Å². The number of benzene rings is 1. The highest BCUT2D eigenvalue weighted by molar-refractivity contribution is 5.47. The molecule has 0 aromatic heterocycles. The van der Waals surface area contributed by atoms with Crippen molar-refractivity contribution in [2.45, 2.75) is 38.3 Å². The molecule has 2 rings (SSSR count). The summed E-state index contributed by atoms with van der Waals surface area (Å²) in [6.45, 7) is 3.11. The van der Waals surface area contributed by atoms with Crippen LogP contribution in [0, 0.1) is 0 Å². The maximum Gasteiger partial charge on any atom is 0.0743 e. The van der Waals surface area contributed by atoms with Gasteiger partial charge in [-0.15, -0.1) is 0 Å². The molecule has 1 aromatic carbocycles. The molecule has 2 atom stereocenters. The van der Waals surface area contributed by atoms with Gasteiger partial charge in [-0.25, -0.2) is 0 Å². The minimum absolute atomic E-state index is 0.148. The van der Waals surface area contributed by atoms with Crippen LogP contribution in [0.1, 0.15) is 26.2 Å². The highest BCUT2D eigenvalue weighted by Crippen LogP contribution is 2.28. The van der Waals surface area contributed by atoms with Gasteiger partial charge in [0.15, 0.2) is 0 Å². The number of para-hydroxylation sites is 1. The molecule has 0 spiro atoms. The molecule has 0 radical (unpaired) electrons. The van der Waals surface area contributed by atoms with Gasteiger partial charge in [-0.3, -0.25) is 0 Å². The fraction of sp³-hybridized carbons (Fsp3) is 0.538. The number of rotatable bonds is 3. The minimum Gasteiger partial charge on any atom is -0.391 e. The van der Waals surface area contributed by atoms with Crippen LogP contribution in [0.15, 0.2) is 30.3 Å². The largest absolute Gasteiger partial charge is 0.391 e. The fourth-order valence-electron chi connectivity index (χ4n) is 2.51. The molecule has 2 heteroatoms. The summed E-state index contributed by atoms with van der Waals surface area (Å²) in [5.41, 5.74) is 1.23. The number of hydrogen-bond acceptors (Lipinski definition) is 2. The Bertz CT molecular complexity index is 299. The lowest BCUT2D eigenvalue weighted by Crippen LogP contribution is -2.40. The summed E-state index contributed by atoms with van der Waals surface area (Å²) in [6.07, 6.45) is 3.07. The van der Waals surface area contributed by atoms with Gasteiger partial charge in [0.05, 0.1) is 12.1 Å². The second-order valence-electron chi connectivity index (χ2n) is 4.19. The molecule has 2 nitrogen and oxygen atoms in total. The van der Waals surface area contributed by atoms with E-state index in [2.05, 4.69) is 36.1 Å². The molecule has 15 heavy (non-hydrogen) atoms. The first-order valence-corrected chi connectivity index (χ1v) is 5.82. The van der Waals surface area contributed by atoms with Crippen LogP contribution in [0.25, 0.3) is 0 Å². The van der Waals surface area contributed by atoms with Crippen LogP contribution in [0.3, 0.4) is 0 Å². The van der Waals surface area contributed by atoms with E-state index in [1.165, 1.54) is 5.69 Å². The van der Waals surface area contributed by atoms with E-state index in [1.807, 2.05) is 6.07 Å². The fourth-order valence-corrected chi connectivity index (χ4v) is 2.51. The van der Waals surface area contributed by atoms with Crippen LogP contribution in [-0.2, 0) is 0 Å². The molecule has 1 aliphatic carbocycles. The van der Waals surface area contributed by atoms with E-state index in [0.717, 1.165) is 25.8 Å². The lowest BCUT2D eigenvalue weighted by molar-refractivity contribution is 0.161. The van der Waals surface area contributed by atoms with Crippen LogP contribution < -0.4 is 4.90 Å². The third kappa shape index (κ3) is 2.15. The summed E-state index contributed by atoms with van der Waals surface area (Å²) in [5.74, 6) is 0. The highest BCUT2D eigenvalue weighted by Gasteiger charge is 2.29. The van der Waals surface area contributed by atoms with Crippen LogP contribution in [0.4, 0.5) is 5.69 Å². The second kappa shape index (κ2) is 4.67. The monoisotopic (exact) mass is 205 g/mol. The standard InChI is InChI=1S/C13H19NO/c1-2-14(11-7-4-3-5-8-11)12-9-6-10-13(12)15/h3-5,7-8,12-13,15H,2,6,9-10H2,1H3/t12-,13-/m0/s1. The maximum atomic E-state index is 9.91. The van der Waals surface area contributed by atoms with Crippen molar-refractivity contribution in [3.63, 3.8) is 0 Å². The zero-order chi connectivity index (χ0) is 10.7. The van der Waals surface area contributed by atoms with Crippen molar-refractivity contribution in [3.05, 3.63) is 30.3 Å². The molecular formula is C13H19NO. The Morgan fingerprint density at radius 3 is 2.53 bits per heavy atom. The van der Waals surface area contributed by atoms with Gasteiger partial charge < -0.3 is 10.0 Å². The third-order valence-electron chi connectivity index (χ3n) is 3.27. The smallest absolute Gasteiger partial charge is 0.0743 e. The van der Waals surface area contributed by atoms with E-state index in [4.69, 9.17) is 0 Å². The quantitative estimate of drug-likeness (QED) is 0.819. The summed E-state index contributed by atoms with van der Waals surface area (Å²) >= 11 is 0. The maximum absolute atomic E-state index is 9.91. The van der Waals surface area contributed by atoms with Gasteiger partial charge in [-0.1, -0.05) is 18.2 Å². The molecule has 82 valence electrons. The number of nitrogens with zero attached hydrogens (tertiary/aromatic N) is 1. The van der Waals surface area contributed by atoms with Gasteiger partial charge in [0.2, 0.25) is 0 Å². The summed E-state index contributed by atoms with van der Waals surface area (Å²) in [6, 6.07) is 10.7. The number of aliphatic hydroxyl groups is 1. The first-order valence-electron chi connectivity index (χ1n) is 5.82. The van der Waals surface area contributed by atoms with Crippen molar-refractivity contribution >= 4 is 5.69 Å². The van der Waals surface area contributed by atoms with E-state index in [1.54, 1.807) is 0 Å². The van der Waals surface area contributed by atoms with Crippen molar-refractivity contribution < 1.29 is 5.11 Å². The zero-order valence-electron chi connectivity index (χ0n) is 9.26. The van der Waals surface area contributed by atoms with Gasteiger partial charge in [-0.2, -0.15) is 0 Å². The van der Waals surface area contributed by atoms with E-state index >= 15 is 0 Å². The van der Waals surface area contributed by atoms with Crippen LogP contribution in [-0.4, -0.2) is 23.8 Å². The molecule has 1 aliphatic rings. The second-order valence-corrected chi connectivity index (χ2v) is 4.19. The first kappa shape index (κ1) is 10.5. The lowest BCUT2D eigenvalue weighted by Gasteiger charge is -2.32. The molecule has 0 bridgehead atoms. The van der Waals surface area contributed by atoms with E-state index in [0.29, 0.717) is 6.04 Å². The predicted molar refractivity (Wildman–Crippen MR) is 63.1 cm³/mol. The van der Waals surface area contributed by atoms with Gasteiger partial charge in [0, 0.05) is 12.2 Å². The minimum atomic E-state index is -0.148. The molecule has 0 aliphatic heterocycles. The molecule has 0 heterocycles. The number of hydrogen-bond donors (Lipinski definition) is 1. The topological polar surface area (TPSA) is 23.5 Å². The SMILES string of the molecule is CCN(c1ccccc1)[C@H]1CCC[C@@H]1O. The van der Waals surface area contributed by atoms with Gasteiger partial charge in [0.25, 0.3) is 0 Å². The van der Waals surface area contributed by atoms with Crippen LogP contribution in [0.2, 0.25) is 0 Å². The summed E-state index contributed by atoms with van der Waals surface area (Å²) in [5, 5.41) is 9.91. The van der Waals surface area contributed by atoms with Crippen LogP contribution in [0.5, 0.6) is 0 Å². The number of likely N-dealkylation sites (N-methyl/N-ethyl adjacent to an activating group) is 1. The molecule has 1 saturated carbocycles. The number of anilines is 1. The van der Waals surface area contributed by atoms with E-state index in [9.17, 15) is 5.11 Å². The zero-order valence-corrected chi connectivity index (χ0v) is 9.26. The Hall–Kier alpha value is -1.02. The Labute approximate surface area is 91.5 Å². The van der Waals surface area contributed by atoms with Crippen molar-refractivity contribution in [2.24, 2.45) is 0 Å². The van der Waals surface area contributed by atoms with Gasteiger partial charge in [0.1, 0.15) is 0 Å². The summed E-state index contributed by atoms with van der Waals surface area (Å²) in [7, 11) is 0. The van der Waals surface area contributed by atoms with Crippen molar-refractivity contribution in [1.29, 1.82) is 0 Å². The third-order valence-corrected chi connectivity index (χ3v) is 3.27. The summed E-state index contributed by atoms with van der Waals surface area (Å²) < 4.78 is 0. The molecule has 0 amide bonds. The molecule has 1 aromatic rings. The molecule has 1 fully saturated rings. The highest BCUT2D eigenvalue weighted by atomic mass is 16.3. The predicted octanol–water partition coefficient (Wildman–Crippen LogP) is 2.43. The Morgan fingerprint density at radius 2 is 2.00 bits per heavy atom. The van der Waals surface area contributed by atoms with Crippen molar-refractivity contribution in [2.75, 3.05) is 11.4 Å². The average molecular weight is 205 g/mol. The average Bonchev–Trinajstić information content (AvgIpc) is 2.68. The molecule has 0 unspecified atom stereocenters. The normalized spacial score (nSPS) is 25.5. The first-order chi connectivity index (χ1) is 7.33. The lowest BCUT2D eigenvalue weighted by atomic mass is 10.1. The Kier molecular flexibility index (Phi) is 3.27. The van der Waals surface area contributed by atoms with Crippen molar-refractivity contribution in [1.82, 2.24) is 0 Å². The molecule has 1 N–H and O–H groups in total. The Balaban J connectivity index is 2.17. The molecule has 0 saturated heterocycles. The van der Waals surface area contributed by atoms with E-state index in [-0.39, 0.29) is 6.10 Å². The number of aliphatic hydroxyl groups excluding tert-OH is 1. The Morgan fingerprint density at radius 1 is 1.27 bits per heavy atom. The summed E-state index contributed by atoms with van der Waals surface area (Å²) in [4.78, 5) is 2.32.